The molecule has 1 aromatic rings. The Hall–Kier alpha value is -1.31. The van der Waals surface area contributed by atoms with Crippen molar-refractivity contribution < 1.29 is 18.3 Å². The first kappa shape index (κ1) is 15.1. The molecular weight excluding hydrogens is 280 g/mol. The van der Waals surface area contributed by atoms with Crippen molar-refractivity contribution in [2.24, 2.45) is 5.92 Å². The van der Waals surface area contributed by atoms with Crippen LogP contribution in [0.5, 0.6) is 5.75 Å². The van der Waals surface area contributed by atoms with Crippen LogP contribution in [0.3, 0.4) is 0 Å². The van der Waals surface area contributed by atoms with E-state index >= 15 is 0 Å². The summed E-state index contributed by atoms with van der Waals surface area (Å²) in [5, 5.41) is 9.27. The van der Waals surface area contributed by atoms with Crippen LogP contribution >= 0.6 is 0 Å². The van der Waals surface area contributed by atoms with E-state index in [1.54, 1.807) is 12.1 Å². The summed E-state index contributed by atoms with van der Waals surface area (Å²) < 4.78 is 31.5. The molecule has 1 aliphatic carbocycles. The SMILES string of the molecule is COc1ccc(N)cc1S(=O)(=O)N(C)CC1CC(O)C1. The number of ether oxygens (including phenoxy) is 1. The van der Waals surface area contributed by atoms with E-state index in [1.165, 1.54) is 24.5 Å². The number of hydrogen-bond acceptors (Lipinski definition) is 5. The fraction of sp³-hybridized carbons (Fsp3) is 0.538. The molecule has 0 radical (unpaired) electrons. The van der Waals surface area contributed by atoms with Crippen LogP contribution in [-0.2, 0) is 10.0 Å². The van der Waals surface area contributed by atoms with E-state index < -0.39 is 10.0 Å². The molecule has 0 aliphatic heterocycles. The molecule has 0 spiro atoms. The van der Waals surface area contributed by atoms with E-state index in [9.17, 15) is 13.5 Å². The summed E-state index contributed by atoms with van der Waals surface area (Å²) in [5.74, 6) is 0.483. The molecule has 0 atom stereocenters. The predicted octanol–water partition coefficient (Wildman–Crippen LogP) is 0.669. The van der Waals surface area contributed by atoms with E-state index in [4.69, 9.17) is 10.5 Å². The van der Waals surface area contributed by atoms with Gasteiger partial charge in [-0.15, -0.1) is 0 Å². The lowest BCUT2D eigenvalue weighted by molar-refractivity contribution is 0.0367. The third kappa shape index (κ3) is 2.89. The number of methoxy groups -OCH3 is 1. The molecule has 1 saturated carbocycles. The molecule has 112 valence electrons. The Balaban J connectivity index is 2.23. The summed E-state index contributed by atoms with van der Waals surface area (Å²) in [4.78, 5) is 0.0716. The van der Waals surface area contributed by atoms with Crippen LogP contribution < -0.4 is 10.5 Å². The monoisotopic (exact) mass is 300 g/mol. The van der Waals surface area contributed by atoms with E-state index in [0.717, 1.165) is 0 Å². The number of nitrogens with zero attached hydrogens (tertiary/aromatic N) is 1. The topological polar surface area (TPSA) is 92.9 Å². The molecule has 0 aromatic heterocycles. The molecule has 1 aromatic carbocycles. The zero-order valence-electron chi connectivity index (χ0n) is 11.6. The maximum Gasteiger partial charge on any atom is 0.246 e. The van der Waals surface area contributed by atoms with Crippen molar-refractivity contribution in [1.29, 1.82) is 0 Å². The van der Waals surface area contributed by atoms with Crippen molar-refractivity contribution >= 4 is 15.7 Å². The Labute approximate surface area is 119 Å². The molecule has 0 unspecified atom stereocenters. The maximum absolute atomic E-state index is 12.5. The quantitative estimate of drug-likeness (QED) is 0.780. The molecule has 0 bridgehead atoms. The normalized spacial score (nSPS) is 22.6. The van der Waals surface area contributed by atoms with Gasteiger partial charge in [0.25, 0.3) is 0 Å². The van der Waals surface area contributed by atoms with Crippen LogP contribution in [0.25, 0.3) is 0 Å². The van der Waals surface area contributed by atoms with E-state index in [-0.39, 0.29) is 22.7 Å². The molecule has 0 saturated heterocycles. The Morgan fingerprint density at radius 1 is 1.45 bits per heavy atom. The second-order valence-corrected chi connectivity index (χ2v) is 7.20. The first-order valence-electron chi connectivity index (χ1n) is 6.42. The summed E-state index contributed by atoms with van der Waals surface area (Å²) in [6.45, 7) is 0.386. The number of sulfonamides is 1. The number of nitrogen functional groups attached to an aromatic ring is 1. The summed E-state index contributed by atoms with van der Waals surface area (Å²) >= 11 is 0. The Kier molecular flexibility index (Phi) is 4.22. The molecule has 7 heteroatoms. The van der Waals surface area contributed by atoms with Gasteiger partial charge in [0.2, 0.25) is 10.0 Å². The lowest BCUT2D eigenvalue weighted by Crippen LogP contribution is -2.39. The van der Waals surface area contributed by atoms with Crippen molar-refractivity contribution in [1.82, 2.24) is 4.31 Å². The second kappa shape index (κ2) is 5.59. The average molecular weight is 300 g/mol. The van der Waals surface area contributed by atoms with Gasteiger partial charge in [0.1, 0.15) is 10.6 Å². The molecular formula is C13H20N2O4S. The van der Waals surface area contributed by atoms with E-state index in [0.29, 0.717) is 25.1 Å². The minimum atomic E-state index is -3.65. The molecule has 6 nitrogen and oxygen atoms in total. The number of anilines is 1. The van der Waals surface area contributed by atoms with Gasteiger partial charge in [0.15, 0.2) is 0 Å². The molecule has 1 aliphatic rings. The lowest BCUT2D eigenvalue weighted by Gasteiger charge is -2.34. The number of rotatable bonds is 5. The van der Waals surface area contributed by atoms with Crippen LogP contribution in [0.2, 0.25) is 0 Å². The average Bonchev–Trinajstić information content (AvgIpc) is 2.36. The molecule has 0 amide bonds. The van der Waals surface area contributed by atoms with Crippen molar-refractivity contribution in [2.45, 2.75) is 23.8 Å². The highest BCUT2D eigenvalue weighted by Crippen LogP contribution is 2.32. The minimum absolute atomic E-state index is 0.0716. The van der Waals surface area contributed by atoms with Gasteiger partial charge in [0, 0.05) is 19.3 Å². The van der Waals surface area contributed by atoms with E-state index in [2.05, 4.69) is 0 Å². The van der Waals surface area contributed by atoms with Gasteiger partial charge in [-0.2, -0.15) is 0 Å². The van der Waals surface area contributed by atoms with Gasteiger partial charge in [-0.3, -0.25) is 0 Å². The molecule has 0 heterocycles. The zero-order valence-corrected chi connectivity index (χ0v) is 12.4. The minimum Gasteiger partial charge on any atom is -0.495 e. The van der Waals surface area contributed by atoms with Gasteiger partial charge < -0.3 is 15.6 Å². The third-order valence-corrected chi connectivity index (χ3v) is 5.45. The Bertz CT molecular complexity index is 582. The summed E-state index contributed by atoms with van der Waals surface area (Å²) in [6.07, 6.45) is 1.000. The highest BCUT2D eigenvalue weighted by molar-refractivity contribution is 7.89. The molecule has 20 heavy (non-hydrogen) atoms. The number of aliphatic hydroxyl groups is 1. The third-order valence-electron chi connectivity index (χ3n) is 3.60. The maximum atomic E-state index is 12.5. The van der Waals surface area contributed by atoms with Gasteiger partial charge >= 0.3 is 0 Å². The Morgan fingerprint density at radius 2 is 2.10 bits per heavy atom. The van der Waals surface area contributed by atoms with Crippen LogP contribution in [0, 0.1) is 5.92 Å². The van der Waals surface area contributed by atoms with Crippen LogP contribution in [0.1, 0.15) is 12.8 Å². The van der Waals surface area contributed by atoms with E-state index in [1.807, 2.05) is 0 Å². The van der Waals surface area contributed by atoms with Gasteiger partial charge in [0.05, 0.1) is 13.2 Å². The summed E-state index contributed by atoms with van der Waals surface area (Å²) in [7, 11) is -0.692. The standard InChI is InChI=1S/C13H20N2O4S/c1-15(8-9-5-11(16)6-9)20(17,18)13-7-10(14)3-4-12(13)19-2/h3-4,7,9,11,16H,5-6,8,14H2,1-2H3. The highest BCUT2D eigenvalue weighted by Gasteiger charge is 2.32. The zero-order chi connectivity index (χ0) is 14.9. The van der Waals surface area contributed by atoms with Crippen molar-refractivity contribution in [3.8, 4) is 5.75 Å². The first-order valence-corrected chi connectivity index (χ1v) is 7.86. The molecule has 2 rings (SSSR count). The second-order valence-electron chi connectivity index (χ2n) is 5.19. The smallest absolute Gasteiger partial charge is 0.246 e. The highest BCUT2D eigenvalue weighted by atomic mass is 32.2. The van der Waals surface area contributed by atoms with Crippen LogP contribution in [0.15, 0.2) is 23.1 Å². The van der Waals surface area contributed by atoms with Crippen molar-refractivity contribution in [3.05, 3.63) is 18.2 Å². The number of aliphatic hydroxyl groups excluding tert-OH is 1. The fourth-order valence-corrected chi connectivity index (χ4v) is 3.81. The molecule has 3 N–H and O–H groups in total. The van der Waals surface area contributed by atoms with Gasteiger partial charge in [-0.25, -0.2) is 12.7 Å². The van der Waals surface area contributed by atoms with Crippen LogP contribution in [0.4, 0.5) is 5.69 Å². The first-order chi connectivity index (χ1) is 9.34. The van der Waals surface area contributed by atoms with Gasteiger partial charge in [-0.05, 0) is 37.0 Å². The van der Waals surface area contributed by atoms with Gasteiger partial charge in [-0.1, -0.05) is 0 Å². The van der Waals surface area contributed by atoms with Crippen molar-refractivity contribution in [2.75, 3.05) is 26.4 Å². The largest absolute Gasteiger partial charge is 0.495 e. The lowest BCUT2D eigenvalue weighted by atomic mass is 9.82. The number of benzene rings is 1. The predicted molar refractivity (Wildman–Crippen MR) is 76.0 cm³/mol. The Morgan fingerprint density at radius 3 is 2.65 bits per heavy atom. The number of hydrogen-bond donors (Lipinski definition) is 2. The molecule has 1 fully saturated rings. The van der Waals surface area contributed by atoms with Crippen LogP contribution in [-0.4, -0.2) is 44.6 Å². The number of nitrogens with two attached hydrogens (primary N) is 1. The fourth-order valence-electron chi connectivity index (χ4n) is 2.37. The summed E-state index contributed by atoms with van der Waals surface area (Å²) in [5.41, 5.74) is 6.04. The summed E-state index contributed by atoms with van der Waals surface area (Å²) in [6, 6.07) is 4.55. The van der Waals surface area contributed by atoms with Crippen molar-refractivity contribution in [3.63, 3.8) is 0 Å².